The summed E-state index contributed by atoms with van der Waals surface area (Å²) >= 11 is 0. The van der Waals surface area contributed by atoms with Crippen LogP contribution in [0, 0.1) is 5.92 Å². The van der Waals surface area contributed by atoms with Crippen molar-refractivity contribution in [1.29, 1.82) is 0 Å². The van der Waals surface area contributed by atoms with Gasteiger partial charge in [0.1, 0.15) is 12.2 Å². The normalized spacial score (nSPS) is 24.0. The maximum absolute atomic E-state index is 14.4. The molecular weight excluding hydrogens is 472 g/mol. The third kappa shape index (κ3) is 4.31. The van der Waals surface area contributed by atoms with Crippen LogP contribution < -0.4 is 4.74 Å². The third-order valence-electron chi connectivity index (χ3n) is 7.78. The van der Waals surface area contributed by atoms with Gasteiger partial charge in [-0.2, -0.15) is 0 Å². The predicted molar refractivity (Wildman–Crippen MR) is 140 cm³/mol. The second kappa shape index (κ2) is 9.57. The van der Waals surface area contributed by atoms with Gasteiger partial charge in [0.2, 0.25) is 5.78 Å². The largest absolute Gasteiger partial charge is 0.470 e. The number of rotatable bonds is 8. The number of ether oxygens (including phenoxy) is 1. The summed E-state index contributed by atoms with van der Waals surface area (Å²) in [5, 5.41) is 3.96. The van der Waals surface area contributed by atoms with Gasteiger partial charge in [-0.25, -0.2) is 0 Å². The molecule has 0 amide bonds. The van der Waals surface area contributed by atoms with Gasteiger partial charge in [-0.3, -0.25) is 14.5 Å². The van der Waals surface area contributed by atoms with Crippen LogP contribution in [0.5, 0.6) is 5.88 Å². The molecule has 2 aliphatic rings. The van der Waals surface area contributed by atoms with Gasteiger partial charge in [-0.15, -0.1) is 6.58 Å². The first-order valence-corrected chi connectivity index (χ1v) is 15.3. The van der Waals surface area contributed by atoms with E-state index in [-0.39, 0.29) is 28.9 Å². The van der Waals surface area contributed by atoms with Crippen molar-refractivity contribution < 1.29 is 23.3 Å². The van der Waals surface area contributed by atoms with Crippen LogP contribution in [0.4, 0.5) is 0 Å². The fourth-order valence-electron chi connectivity index (χ4n) is 4.87. The van der Waals surface area contributed by atoms with Gasteiger partial charge in [-0.1, -0.05) is 63.3 Å². The van der Waals surface area contributed by atoms with Gasteiger partial charge in [0.15, 0.2) is 25.5 Å². The molecule has 0 aliphatic heterocycles. The Labute approximate surface area is 214 Å². The highest BCUT2D eigenvalue weighted by Gasteiger charge is 2.65. The van der Waals surface area contributed by atoms with E-state index in [9.17, 15) is 9.59 Å². The average Bonchev–Trinajstić information content (AvgIpc) is 3.23. The van der Waals surface area contributed by atoms with E-state index in [4.69, 9.17) is 13.7 Å². The molecule has 0 radical (unpaired) electrons. The number of Topliss-reactive ketones (excluding diaryl/α,β-unsaturated/α-hetero) is 1. The van der Waals surface area contributed by atoms with Crippen molar-refractivity contribution in [2.24, 2.45) is 5.92 Å². The van der Waals surface area contributed by atoms with E-state index in [0.717, 1.165) is 5.56 Å². The minimum absolute atomic E-state index is 0.0925. The van der Waals surface area contributed by atoms with Crippen LogP contribution in [-0.4, -0.2) is 49.1 Å². The van der Waals surface area contributed by atoms with Crippen molar-refractivity contribution in [2.75, 3.05) is 13.6 Å². The number of aromatic nitrogens is 1. The fraction of sp³-hybridized carbons (Fsp3) is 0.464. The molecule has 8 heteroatoms. The van der Waals surface area contributed by atoms with Crippen molar-refractivity contribution >= 4 is 19.9 Å². The summed E-state index contributed by atoms with van der Waals surface area (Å²) in [6, 6.07) is 9.21. The number of fused-ring (bicyclic) bond motifs is 2. The number of allylic oxidation sites excluding steroid dienone is 1. The van der Waals surface area contributed by atoms with Crippen molar-refractivity contribution in [3.8, 4) is 5.88 Å². The summed E-state index contributed by atoms with van der Waals surface area (Å²) in [5.41, 5.74) is -0.536. The summed E-state index contributed by atoms with van der Waals surface area (Å²) in [7, 11) is -0.642. The molecule has 2 aromatic rings. The number of likely N-dealkylation sites (N-methyl/N-ethyl adjacent to an activating group) is 1. The molecule has 7 nitrogen and oxygen atoms in total. The number of ketones is 2. The lowest BCUT2D eigenvalue weighted by atomic mass is 9.65. The maximum Gasteiger partial charge on any atom is 0.265 e. The molecular formula is C28H36N2O5Si. The lowest BCUT2D eigenvalue weighted by Gasteiger charge is -2.52. The van der Waals surface area contributed by atoms with Gasteiger partial charge in [0.25, 0.3) is 5.88 Å². The number of hydrogen-bond acceptors (Lipinski definition) is 7. The topological polar surface area (TPSA) is 81.9 Å². The Bertz CT molecular complexity index is 1180. The molecule has 0 bridgehead atoms. The molecule has 3 atom stereocenters. The number of carbonyl (C=O) groups excluding carboxylic acids is 2. The van der Waals surface area contributed by atoms with Crippen molar-refractivity contribution in [3.05, 3.63) is 72.0 Å². The van der Waals surface area contributed by atoms with Gasteiger partial charge >= 0.3 is 0 Å². The van der Waals surface area contributed by atoms with Crippen molar-refractivity contribution in [3.63, 3.8) is 0 Å². The minimum atomic E-state index is -2.57. The monoisotopic (exact) mass is 508 g/mol. The SMILES string of the molecule is C=CCN(C)[C@@H]1c2onc(OCc3ccccc3)c2C(=O)C2(O[Si](C)(C)C(C)(C)C)C(=O)C=CCC12. The molecule has 2 aliphatic carbocycles. The third-order valence-corrected chi connectivity index (χ3v) is 12.2. The maximum atomic E-state index is 14.4. The molecule has 0 saturated heterocycles. The summed E-state index contributed by atoms with van der Waals surface area (Å²) in [6.07, 6.45) is 5.61. The molecule has 1 aromatic carbocycles. The molecule has 0 saturated carbocycles. The Kier molecular flexibility index (Phi) is 6.98. The van der Waals surface area contributed by atoms with Crippen molar-refractivity contribution in [2.45, 2.75) is 63.6 Å². The van der Waals surface area contributed by atoms with Crippen molar-refractivity contribution in [1.82, 2.24) is 10.1 Å². The molecule has 36 heavy (non-hydrogen) atoms. The number of benzene rings is 1. The van der Waals surface area contributed by atoms with Crippen LogP contribution in [0.1, 0.15) is 54.9 Å². The van der Waals surface area contributed by atoms with E-state index >= 15 is 0 Å². The molecule has 1 aromatic heterocycles. The van der Waals surface area contributed by atoms with E-state index in [0.29, 0.717) is 18.7 Å². The van der Waals surface area contributed by atoms with Gasteiger partial charge in [-0.05, 0) is 48.4 Å². The molecule has 2 unspecified atom stereocenters. The second-order valence-corrected chi connectivity index (χ2v) is 15.9. The molecule has 0 spiro atoms. The number of hydrogen-bond donors (Lipinski definition) is 0. The van der Waals surface area contributed by atoms with Crippen LogP contribution in [0.15, 0.2) is 59.7 Å². The highest BCUT2D eigenvalue weighted by molar-refractivity contribution is 6.74. The quantitative estimate of drug-likeness (QED) is 0.264. The molecule has 4 rings (SSSR count). The van der Waals surface area contributed by atoms with E-state index in [2.05, 4.69) is 45.6 Å². The Morgan fingerprint density at radius 3 is 2.58 bits per heavy atom. The zero-order valence-corrected chi connectivity index (χ0v) is 23.0. The molecule has 0 N–H and O–H groups in total. The average molecular weight is 509 g/mol. The van der Waals surface area contributed by atoms with E-state index in [1.807, 2.05) is 48.4 Å². The second-order valence-electron chi connectivity index (χ2n) is 11.2. The Morgan fingerprint density at radius 1 is 1.25 bits per heavy atom. The summed E-state index contributed by atoms with van der Waals surface area (Å²) in [6.45, 7) is 15.1. The number of nitrogens with zero attached hydrogens (tertiary/aromatic N) is 2. The highest BCUT2D eigenvalue weighted by Crippen LogP contribution is 2.54. The van der Waals surface area contributed by atoms with E-state index < -0.39 is 31.7 Å². The summed E-state index contributed by atoms with van der Waals surface area (Å²) in [4.78, 5) is 30.2. The zero-order chi connectivity index (χ0) is 26.3. The molecule has 192 valence electrons. The van der Waals surface area contributed by atoms with Gasteiger partial charge in [0.05, 0.1) is 6.04 Å². The lowest BCUT2D eigenvalue weighted by Crippen LogP contribution is -2.66. The first-order chi connectivity index (χ1) is 16.9. The Balaban J connectivity index is 1.87. The van der Waals surface area contributed by atoms with Gasteiger partial charge in [0, 0.05) is 12.5 Å². The minimum Gasteiger partial charge on any atom is -0.470 e. The smallest absolute Gasteiger partial charge is 0.265 e. The van der Waals surface area contributed by atoms with Crippen LogP contribution in [0.2, 0.25) is 18.1 Å². The van der Waals surface area contributed by atoms with Crippen LogP contribution in [0.25, 0.3) is 0 Å². The fourth-order valence-corrected chi connectivity index (χ4v) is 6.32. The standard InChI is InChI=1S/C28H36N2O5Si/c1-8-17-30(5)23-20-15-12-16-21(31)28(20,35-36(6,7)27(2,3)4)25(32)22-24(23)34-29-26(22)33-18-19-13-10-9-11-14-19/h8-14,16,20,23H,1,15,17-18H2,2-7H3/t20?,23-,28?/m0/s1. The summed E-state index contributed by atoms with van der Waals surface area (Å²) in [5.74, 6) is -0.713. The van der Waals surface area contributed by atoms with Gasteiger partial charge < -0.3 is 13.7 Å². The number of carbonyl (C=O) groups is 2. The predicted octanol–water partition coefficient (Wildman–Crippen LogP) is 5.51. The van der Waals surface area contributed by atoms with Crippen LogP contribution in [0.3, 0.4) is 0 Å². The van der Waals surface area contributed by atoms with Crippen LogP contribution >= 0.6 is 0 Å². The van der Waals surface area contributed by atoms with E-state index in [1.54, 1.807) is 6.08 Å². The van der Waals surface area contributed by atoms with Crippen LogP contribution in [-0.2, 0) is 15.8 Å². The molecule has 0 fully saturated rings. The molecule has 1 heterocycles. The summed E-state index contributed by atoms with van der Waals surface area (Å²) < 4.78 is 18.7. The zero-order valence-electron chi connectivity index (χ0n) is 22.0. The Morgan fingerprint density at radius 2 is 1.94 bits per heavy atom. The highest BCUT2D eigenvalue weighted by atomic mass is 28.4. The first kappa shape index (κ1) is 26.3. The first-order valence-electron chi connectivity index (χ1n) is 12.4. The lowest BCUT2D eigenvalue weighted by molar-refractivity contribution is -0.135. The van der Waals surface area contributed by atoms with E-state index in [1.165, 1.54) is 6.08 Å². The Hall–Kier alpha value is -2.81.